The summed E-state index contributed by atoms with van der Waals surface area (Å²) in [5.41, 5.74) is 6.15. The summed E-state index contributed by atoms with van der Waals surface area (Å²) in [5.74, 6) is -0.0657. The van der Waals surface area contributed by atoms with Crippen molar-refractivity contribution in [2.24, 2.45) is 5.73 Å². The first-order valence-corrected chi connectivity index (χ1v) is 12.1. The van der Waals surface area contributed by atoms with Crippen LogP contribution >= 0.6 is 11.3 Å². The highest BCUT2D eigenvalue weighted by molar-refractivity contribution is 7.92. The van der Waals surface area contributed by atoms with E-state index in [4.69, 9.17) is 5.73 Å². The molecule has 11 heteroatoms. The van der Waals surface area contributed by atoms with E-state index in [0.717, 1.165) is 41.5 Å². The first-order valence-electron chi connectivity index (χ1n) is 9.88. The van der Waals surface area contributed by atoms with Crippen molar-refractivity contribution in [1.82, 2.24) is 13.9 Å². The van der Waals surface area contributed by atoms with Crippen molar-refractivity contribution in [2.75, 3.05) is 38.1 Å². The van der Waals surface area contributed by atoms with Crippen LogP contribution < -0.4 is 10.6 Å². The molecule has 3 N–H and O–H groups in total. The van der Waals surface area contributed by atoms with E-state index in [0.29, 0.717) is 21.8 Å². The molecule has 3 aromatic rings. The zero-order valence-electron chi connectivity index (χ0n) is 17.4. The Kier molecular flexibility index (Phi) is 6.04. The van der Waals surface area contributed by atoms with E-state index in [1.165, 1.54) is 30.6 Å². The Morgan fingerprint density at radius 3 is 2.66 bits per heavy atom. The maximum Gasteiger partial charge on any atom is 0.277 e. The fourth-order valence-corrected chi connectivity index (χ4v) is 6.06. The van der Waals surface area contributed by atoms with Crippen LogP contribution in [0.2, 0.25) is 0 Å². The molecule has 0 saturated carbocycles. The summed E-state index contributed by atoms with van der Waals surface area (Å²) >= 11 is 1.07. The zero-order valence-corrected chi connectivity index (χ0v) is 19.0. The van der Waals surface area contributed by atoms with E-state index in [9.17, 15) is 18.3 Å². The van der Waals surface area contributed by atoms with Gasteiger partial charge in [0.1, 0.15) is 4.21 Å². The standard InChI is InChI=1S/C21H23N5O4S2/c1-24-10-12-25(13-11-24)21-20(28)16(6-8-23-21)17-3-5-19(31-17)32(29,30)26-9-7-15(14-26)2-4-18(22)27/h2-9,14,28H,10-13H2,1H3,(H2,22,27)/b4-2+. The number of piperazine rings is 1. The number of thiophene rings is 1. The Morgan fingerprint density at radius 2 is 1.94 bits per heavy atom. The predicted molar refractivity (Wildman–Crippen MR) is 124 cm³/mol. The van der Waals surface area contributed by atoms with E-state index in [2.05, 4.69) is 16.9 Å². The number of primary amides is 1. The lowest BCUT2D eigenvalue weighted by Gasteiger charge is -2.33. The van der Waals surface area contributed by atoms with Crippen LogP contribution in [-0.4, -0.2) is 66.5 Å². The monoisotopic (exact) mass is 473 g/mol. The molecule has 3 aromatic heterocycles. The highest BCUT2D eigenvalue weighted by Crippen LogP contribution is 2.40. The Balaban J connectivity index is 1.61. The van der Waals surface area contributed by atoms with Crippen molar-refractivity contribution < 1.29 is 18.3 Å². The minimum Gasteiger partial charge on any atom is -0.504 e. The van der Waals surface area contributed by atoms with Crippen LogP contribution in [0.4, 0.5) is 5.82 Å². The summed E-state index contributed by atoms with van der Waals surface area (Å²) in [7, 11) is -1.77. The molecule has 1 aliphatic heterocycles. The maximum absolute atomic E-state index is 13.0. The predicted octanol–water partition coefficient (Wildman–Crippen LogP) is 1.80. The largest absolute Gasteiger partial charge is 0.504 e. The van der Waals surface area contributed by atoms with Crippen LogP contribution in [-0.2, 0) is 14.8 Å². The number of rotatable bonds is 6. The second kappa shape index (κ2) is 8.77. The van der Waals surface area contributed by atoms with E-state index in [1.54, 1.807) is 24.4 Å². The number of aromatic hydroxyl groups is 1. The molecule has 0 spiro atoms. The van der Waals surface area contributed by atoms with Gasteiger partial charge in [0.2, 0.25) is 5.91 Å². The third-order valence-corrected chi connectivity index (χ3v) is 8.44. The van der Waals surface area contributed by atoms with Crippen molar-refractivity contribution in [1.29, 1.82) is 0 Å². The topological polar surface area (TPSA) is 122 Å². The molecule has 0 atom stereocenters. The SMILES string of the molecule is CN1CCN(c2nccc(-c3ccc(S(=O)(=O)n4ccc(/C=C/C(N)=O)c4)s3)c2O)CC1. The fraction of sp³-hybridized carbons (Fsp3) is 0.238. The molecule has 4 rings (SSSR count). The number of hydrogen-bond donors (Lipinski definition) is 2. The highest BCUT2D eigenvalue weighted by atomic mass is 32.2. The minimum absolute atomic E-state index is 0.0442. The molecule has 0 radical (unpaired) electrons. The third kappa shape index (κ3) is 4.40. The van der Waals surface area contributed by atoms with Gasteiger partial charge in [0, 0.05) is 61.3 Å². The van der Waals surface area contributed by atoms with Gasteiger partial charge in [-0.1, -0.05) is 0 Å². The van der Waals surface area contributed by atoms with E-state index >= 15 is 0 Å². The van der Waals surface area contributed by atoms with Crippen molar-refractivity contribution in [3.8, 4) is 16.2 Å². The quantitative estimate of drug-likeness (QED) is 0.524. The van der Waals surface area contributed by atoms with E-state index in [1.807, 2.05) is 4.90 Å². The highest BCUT2D eigenvalue weighted by Gasteiger charge is 2.23. The molecule has 0 bridgehead atoms. The van der Waals surface area contributed by atoms with Crippen molar-refractivity contribution >= 4 is 39.2 Å². The fourth-order valence-electron chi connectivity index (χ4n) is 3.42. The summed E-state index contributed by atoms with van der Waals surface area (Å²) in [6.07, 6.45) is 7.05. The summed E-state index contributed by atoms with van der Waals surface area (Å²) < 4.78 is 27.3. The number of amides is 1. The van der Waals surface area contributed by atoms with Gasteiger partial charge in [0.05, 0.1) is 0 Å². The zero-order chi connectivity index (χ0) is 22.9. The van der Waals surface area contributed by atoms with Crippen LogP contribution in [0.3, 0.4) is 0 Å². The van der Waals surface area contributed by atoms with Gasteiger partial charge >= 0.3 is 0 Å². The van der Waals surface area contributed by atoms with Gasteiger partial charge in [-0.15, -0.1) is 11.3 Å². The Bertz CT molecular complexity index is 1270. The first kappa shape index (κ1) is 22.1. The number of likely N-dealkylation sites (N-methyl/N-ethyl adjacent to an activating group) is 1. The molecule has 1 fully saturated rings. The third-order valence-electron chi connectivity index (χ3n) is 5.22. The van der Waals surface area contributed by atoms with E-state index < -0.39 is 15.9 Å². The molecule has 0 aromatic carbocycles. The van der Waals surface area contributed by atoms with Crippen LogP contribution in [0.5, 0.6) is 5.75 Å². The van der Waals surface area contributed by atoms with Crippen LogP contribution in [0, 0.1) is 0 Å². The summed E-state index contributed by atoms with van der Waals surface area (Å²) in [6.45, 7) is 3.26. The molecule has 1 aliphatic rings. The molecular weight excluding hydrogens is 450 g/mol. The molecule has 0 unspecified atom stereocenters. The average molecular weight is 474 g/mol. The molecule has 4 heterocycles. The van der Waals surface area contributed by atoms with Crippen LogP contribution in [0.1, 0.15) is 5.56 Å². The van der Waals surface area contributed by atoms with Gasteiger partial charge in [0.15, 0.2) is 11.6 Å². The number of anilines is 1. The van der Waals surface area contributed by atoms with Gasteiger partial charge in [-0.2, -0.15) is 8.42 Å². The smallest absolute Gasteiger partial charge is 0.277 e. The molecule has 1 amide bonds. The number of nitrogens with two attached hydrogens (primary N) is 1. The van der Waals surface area contributed by atoms with E-state index in [-0.39, 0.29) is 9.96 Å². The van der Waals surface area contributed by atoms with Crippen LogP contribution in [0.25, 0.3) is 16.5 Å². The summed E-state index contributed by atoms with van der Waals surface area (Å²) in [6, 6.07) is 6.45. The van der Waals surface area contributed by atoms with Crippen molar-refractivity contribution in [2.45, 2.75) is 4.21 Å². The van der Waals surface area contributed by atoms with Crippen molar-refractivity contribution in [3.63, 3.8) is 0 Å². The number of carbonyl (C=O) groups excluding carboxylic acids is 1. The molecular formula is C21H23N5O4S2. The Morgan fingerprint density at radius 1 is 1.19 bits per heavy atom. The Hall–Kier alpha value is -3.15. The lowest BCUT2D eigenvalue weighted by atomic mass is 10.2. The summed E-state index contributed by atoms with van der Waals surface area (Å²) in [4.78, 5) is 20.1. The maximum atomic E-state index is 13.0. The second-order valence-electron chi connectivity index (χ2n) is 7.46. The summed E-state index contributed by atoms with van der Waals surface area (Å²) in [5, 5.41) is 10.9. The normalized spacial score (nSPS) is 15.5. The minimum atomic E-state index is -3.82. The number of pyridine rings is 1. The van der Waals surface area contributed by atoms with Gasteiger partial charge in [0.25, 0.3) is 10.0 Å². The number of aromatic nitrogens is 2. The molecule has 0 aliphatic carbocycles. The Labute approximate surface area is 190 Å². The van der Waals surface area contributed by atoms with Gasteiger partial charge in [-0.3, -0.25) is 4.79 Å². The average Bonchev–Trinajstić information content (AvgIpc) is 3.44. The lowest BCUT2D eigenvalue weighted by Crippen LogP contribution is -2.44. The number of carbonyl (C=O) groups is 1. The number of hydrogen-bond acceptors (Lipinski definition) is 8. The van der Waals surface area contributed by atoms with Gasteiger partial charge < -0.3 is 20.6 Å². The first-order chi connectivity index (χ1) is 15.3. The molecule has 9 nitrogen and oxygen atoms in total. The molecule has 1 saturated heterocycles. The van der Waals surface area contributed by atoms with Crippen LogP contribution in [0.15, 0.2) is 53.1 Å². The van der Waals surface area contributed by atoms with Crippen molar-refractivity contribution in [3.05, 3.63) is 54.5 Å². The molecule has 32 heavy (non-hydrogen) atoms. The second-order valence-corrected chi connectivity index (χ2v) is 10.6. The van der Waals surface area contributed by atoms with Gasteiger partial charge in [-0.25, -0.2) is 8.96 Å². The number of nitrogens with zero attached hydrogens (tertiary/aromatic N) is 4. The van der Waals surface area contributed by atoms with Gasteiger partial charge in [-0.05, 0) is 43.0 Å². The lowest BCUT2D eigenvalue weighted by molar-refractivity contribution is -0.113. The molecule has 168 valence electrons.